The van der Waals surface area contributed by atoms with Crippen LogP contribution in [0.5, 0.6) is 0 Å². The standard InChI is InChI=1S/C14H20N2O.ClH/c1-13(2)12(14(13,3)4)16-11(17)9-6-5-7-10(15)8-9;/h5-8,12H,15H2,1-4H3,(H,16,17);1H. The summed E-state index contributed by atoms with van der Waals surface area (Å²) in [6.45, 7) is 8.71. The van der Waals surface area contributed by atoms with Gasteiger partial charge in [0.1, 0.15) is 0 Å². The average molecular weight is 269 g/mol. The monoisotopic (exact) mass is 268 g/mol. The van der Waals surface area contributed by atoms with E-state index in [1.165, 1.54) is 0 Å². The number of carbonyl (C=O) groups is 1. The molecule has 0 bridgehead atoms. The molecule has 0 heterocycles. The molecule has 1 aromatic rings. The lowest BCUT2D eigenvalue weighted by Gasteiger charge is -2.07. The lowest BCUT2D eigenvalue weighted by atomic mass is 10.0. The fourth-order valence-electron chi connectivity index (χ4n) is 2.45. The van der Waals surface area contributed by atoms with Crippen molar-refractivity contribution >= 4 is 24.0 Å². The number of carbonyl (C=O) groups excluding carboxylic acids is 1. The Balaban J connectivity index is 0.00000162. The predicted octanol–water partition coefficient (Wildman–Crippen LogP) is 2.86. The van der Waals surface area contributed by atoms with Gasteiger partial charge in [-0.25, -0.2) is 0 Å². The molecule has 18 heavy (non-hydrogen) atoms. The average Bonchev–Trinajstić information content (AvgIpc) is 2.61. The number of benzene rings is 1. The summed E-state index contributed by atoms with van der Waals surface area (Å²) in [6, 6.07) is 7.30. The quantitative estimate of drug-likeness (QED) is 0.811. The van der Waals surface area contributed by atoms with Crippen LogP contribution in [0.25, 0.3) is 0 Å². The van der Waals surface area contributed by atoms with Gasteiger partial charge in [0, 0.05) is 17.3 Å². The van der Waals surface area contributed by atoms with E-state index in [2.05, 4.69) is 33.0 Å². The molecule has 2 rings (SSSR count). The van der Waals surface area contributed by atoms with Crippen LogP contribution in [0.2, 0.25) is 0 Å². The van der Waals surface area contributed by atoms with E-state index in [0.29, 0.717) is 11.3 Å². The molecule has 0 unspecified atom stereocenters. The van der Waals surface area contributed by atoms with Crippen molar-refractivity contribution in [3.8, 4) is 0 Å². The van der Waals surface area contributed by atoms with Crippen LogP contribution in [0.1, 0.15) is 38.1 Å². The van der Waals surface area contributed by atoms with E-state index in [1.54, 1.807) is 24.3 Å². The van der Waals surface area contributed by atoms with Gasteiger partial charge in [-0.3, -0.25) is 4.79 Å². The molecule has 1 fully saturated rings. The van der Waals surface area contributed by atoms with E-state index in [9.17, 15) is 4.79 Å². The number of rotatable bonds is 2. The van der Waals surface area contributed by atoms with Crippen LogP contribution in [-0.4, -0.2) is 11.9 Å². The smallest absolute Gasteiger partial charge is 0.251 e. The van der Waals surface area contributed by atoms with Crippen molar-refractivity contribution in [2.24, 2.45) is 10.8 Å². The van der Waals surface area contributed by atoms with Crippen molar-refractivity contribution in [2.75, 3.05) is 5.73 Å². The molecule has 1 saturated carbocycles. The highest BCUT2D eigenvalue weighted by Gasteiger charge is 2.65. The minimum Gasteiger partial charge on any atom is -0.399 e. The molecule has 0 spiro atoms. The summed E-state index contributed by atoms with van der Waals surface area (Å²) in [5, 5.41) is 3.08. The van der Waals surface area contributed by atoms with Crippen molar-refractivity contribution in [1.29, 1.82) is 0 Å². The highest BCUT2D eigenvalue weighted by Crippen LogP contribution is 2.62. The second-order valence-electron chi connectivity index (χ2n) is 5.98. The summed E-state index contributed by atoms with van der Waals surface area (Å²) in [4.78, 5) is 12.1. The first-order valence-corrected chi connectivity index (χ1v) is 5.93. The fourth-order valence-corrected chi connectivity index (χ4v) is 2.45. The van der Waals surface area contributed by atoms with E-state index in [1.807, 2.05) is 0 Å². The van der Waals surface area contributed by atoms with Gasteiger partial charge in [-0.05, 0) is 29.0 Å². The third-order valence-corrected chi connectivity index (χ3v) is 4.44. The van der Waals surface area contributed by atoms with E-state index < -0.39 is 0 Å². The topological polar surface area (TPSA) is 55.1 Å². The Morgan fingerprint density at radius 2 is 1.78 bits per heavy atom. The number of hydrogen-bond acceptors (Lipinski definition) is 2. The largest absolute Gasteiger partial charge is 0.399 e. The zero-order valence-corrected chi connectivity index (χ0v) is 12.1. The van der Waals surface area contributed by atoms with Crippen molar-refractivity contribution in [3.05, 3.63) is 29.8 Å². The molecule has 3 N–H and O–H groups in total. The number of amides is 1. The van der Waals surface area contributed by atoms with Crippen LogP contribution in [0.4, 0.5) is 5.69 Å². The van der Waals surface area contributed by atoms with Crippen LogP contribution in [0.15, 0.2) is 24.3 Å². The highest BCUT2D eigenvalue weighted by molar-refractivity contribution is 5.95. The number of nitrogen functional groups attached to an aromatic ring is 1. The molecule has 4 heteroatoms. The van der Waals surface area contributed by atoms with Crippen LogP contribution in [-0.2, 0) is 0 Å². The molecule has 3 nitrogen and oxygen atoms in total. The molecule has 1 aliphatic carbocycles. The lowest BCUT2D eigenvalue weighted by Crippen LogP contribution is -2.29. The van der Waals surface area contributed by atoms with Crippen molar-refractivity contribution in [3.63, 3.8) is 0 Å². The number of nitrogens with one attached hydrogen (secondary N) is 1. The minimum absolute atomic E-state index is 0. The number of halogens is 1. The molecule has 0 atom stereocenters. The number of anilines is 1. The first-order valence-electron chi connectivity index (χ1n) is 5.93. The van der Waals surface area contributed by atoms with E-state index in [0.717, 1.165) is 0 Å². The Hall–Kier alpha value is -1.22. The lowest BCUT2D eigenvalue weighted by molar-refractivity contribution is 0.0943. The summed E-state index contributed by atoms with van der Waals surface area (Å²) in [7, 11) is 0. The maximum Gasteiger partial charge on any atom is 0.251 e. The normalized spacial score (nSPS) is 19.8. The molecule has 0 aliphatic heterocycles. The van der Waals surface area contributed by atoms with Gasteiger partial charge < -0.3 is 11.1 Å². The summed E-state index contributed by atoms with van der Waals surface area (Å²) >= 11 is 0. The summed E-state index contributed by atoms with van der Waals surface area (Å²) in [6.07, 6.45) is 0. The molecule has 1 aromatic carbocycles. The maximum atomic E-state index is 12.1. The summed E-state index contributed by atoms with van der Waals surface area (Å²) < 4.78 is 0. The van der Waals surface area contributed by atoms with Crippen LogP contribution in [0.3, 0.4) is 0 Å². The Bertz CT molecular complexity index is 455. The maximum absolute atomic E-state index is 12.1. The molecule has 0 saturated heterocycles. The van der Waals surface area contributed by atoms with Gasteiger partial charge in [0.25, 0.3) is 5.91 Å². The van der Waals surface area contributed by atoms with Gasteiger partial charge in [-0.1, -0.05) is 33.8 Å². The van der Waals surface area contributed by atoms with E-state index in [-0.39, 0.29) is 35.2 Å². The Labute approximate surface area is 115 Å². The summed E-state index contributed by atoms with van der Waals surface area (Å²) in [5.74, 6) is -0.0408. The van der Waals surface area contributed by atoms with Crippen LogP contribution >= 0.6 is 12.4 Å². The van der Waals surface area contributed by atoms with E-state index >= 15 is 0 Å². The first-order chi connectivity index (χ1) is 7.76. The minimum atomic E-state index is -0.0408. The first kappa shape index (κ1) is 14.8. The Kier molecular flexibility index (Phi) is 3.68. The zero-order chi connectivity index (χ0) is 12.8. The second-order valence-corrected chi connectivity index (χ2v) is 5.98. The number of nitrogens with two attached hydrogens (primary N) is 1. The SMILES string of the molecule is CC1(C)C(NC(=O)c2cccc(N)c2)C1(C)C.Cl. The molecular formula is C14H21ClN2O. The molecule has 0 radical (unpaired) electrons. The van der Waals surface area contributed by atoms with Gasteiger partial charge in [-0.15, -0.1) is 12.4 Å². The molecule has 1 aliphatic rings. The molecule has 1 amide bonds. The fraction of sp³-hybridized carbons (Fsp3) is 0.500. The van der Waals surface area contributed by atoms with Crippen molar-refractivity contribution < 1.29 is 4.79 Å². The van der Waals surface area contributed by atoms with E-state index in [4.69, 9.17) is 5.73 Å². The van der Waals surface area contributed by atoms with Crippen molar-refractivity contribution in [2.45, 2.75) is 33.7 Å². The second kappa shape index (κ2) is 4.47. The van der Waals surface area contributed by atoms with Gasteiger partial charge in [-0.2, -0.15) is 0 Å². The zero-order valence-electron chi connectivity index (χ0n) is 11.3. The van der Waals surface area contributed by atoms with Crippen LogP contribution < -0.4 is 11.1 Å². The predicted molar refractivity (Wildman–Crippen MR) is 76.9 cm³/mol. The Morgan fingerprint density at radius 3 is 2.22 bits per heavy atom. The van der Waals surface area contributed by atoms with Gasteiger partial charge in [0.2, 0.25) is 0 Å². The third-order valence-electron chi connectivity index (χ3n) is 4.44. The van der Waals surface area contributed by atoms with Crippen LogP contribution in [0, 0.1) is 10.8 Å². The molecule has 100 valence electrons. The van der Waals surface area contributed by atoms with Gasteiger partial charge in [0.05, 0.1) is 0 Å². The third kappa shape index (κ3) is 2.19. The highest BCUT2D eigenvalue weighted by atomic mass is 35.5. The molecular weight excluding hydrogens is 248 g/mol. The van der Waals surface area contributed by atoms with Gasteiger partial charge in [0.15, 0.2) is 0 Å². The summed E-state index contributed by atoms with van der Waals surface area (Å²) in [5.41, 5.74) is 7.23. The Morgan fingerprint density at radius 1 is 1.22 bits per heavy atom. The van der Waals surface area contributed by atoms with Crippen molar-refractivity contribution in [1.82, 2.24) is 5.32 Å². The van der Waals surface area contributed by atoms with Gasteiger partial charge >= 0.3 is 0 Å². The number of hydrogen-bond donors (Lipinski definition) is 2. The molecule has 0 aromatic heterocycles.